The average Bonchev–Trinajstić information content (AvgIpc) is 2.96. The zero-order valence-electron chi connectivity index (χ0n) is 12.6. The van der Waals surface area contributed by atoms with E-state index in [4.69, 9.17) is 0 Å². The summed E-state index contributed by atoms with van der Waals surface area (Å²) in [6.45, 7) is 0. The molecule has 122 valence electrons. The summed E-state index contributed by atoms with van der Waals surface area (Å²) in [6.07, 6.45) is 6.78. The minimum absolute atomic E-state index is 0.224. The molecule has 0 atom stereocenters. The van der Waals surface area contributed by atoms with Crippen molar-refractivity contribution < 1.29 is 8.78 Å². The highest BCUT2D eigenvalue weighted by molar-refractivity contribution is 7.18. The van der Waals surface area contributed by atoms with Gasteiger partial charge in [-0.1, -0.05) is 6.07 Å². The van der Waals surface area contributed by atoms with Crippen LogP contribution in [-0.4, -0.2) is 15.9 Å². The Balaban J connectivity index is 1.77. The predicted molar refractivity (Wildman–Crippen MR) is 89.9 cm³/mol. The third-order valence-electron chi connectivity index (χ3n) is 4.13. The van der Waals surface area contributed by atoms with Crippen LogP contribution in [0.2, 0.25) is 0 Å². The third kappa shape index (κ3) is 2.54. The number of rotatable bonds is 2. The van der Waals surface area contributed by atoms with Crippen LogP contribution in [0.25, 0.3) is 10.2 Å². The molecule has 7 heteroatoms. The molecule has 1 aliphatic rings. The Bertz CT molecular complexity index is 1020. The van der Waals surface area contributed by atoms with E-state index in [1.807, 2.05) is 0 Å². The first-order valence-electron chi connectivity index (χ1n) is 7.65. The van der Waals surface area contributed by atoms with Crippen molar-refractivity contribution in [2.45, 2.75) is 25.7 Å². The van der Waals surface area contributed by atoms with Gasteiger partial charge in [0.2, 0.25) is 0 Å². The Morgan fingerprint density at radius 1 is 1.21 bits per heavy atom. The van der Waals surface area contributed by atoms with E-state index >= 15 is 0 Å². The van der Waals surface area contributed by atoms with Crippen LogP contribution in [0, 0.1) is 11.6 Å². The molecule has 0 N–H and O–H groups in total. The topological polar surface area (TPSA) is 47.2 Å². The van der Waals surface area contributed by atoms with Gasteiger partial charge in [-0.25, -0.2) is 13.8 Å². The molecular weight excluding hydrogens is 332 g/mol. The van der Waals surface area contributed by atoms with Gasteiger partial charge < -0.3 is 0 Å². The summed E-state index contributed by atoms with van der Waals surface area (Å²) < 4.78 is 27.3. The summed E-state index contributed by atoms with van der Waals surface area (Å²) in [5.74, 6) is -1.87. The van der Waals surface area contributed by atoms with E-state index in [1.165, 1.54) is 23.5 Å². The van der Waals surface area contributed by atoms with Crippen molar-refractivity contribution in [3.63, 3.8) is 0 Å². The van der Waals surface area contributed by atoms with Crippen molar-refractivity contribution in [1.82, 2.24) is 9.66 Å². The standard InChI is InChI=1S/C17H13F2N3OS/c18-12-6-5-10(7-13(12)19)8-21-22-9-20-16-15(17(22)23)11-3-1-2-4-14(11)24-16/h5-9H,1-4H2. The molecule has 0 radical (unpaired) electrons. The highest BCUT2D eigenvalue weighted by Gasteiger charge is 2.19. The quantitative estimate of drug-likeness (QED) is 0.668. The summed E-state index contributed by atoms with van der Waals surface area (Å²) in [7, 11) is 0. The van der Waals surface area contributed by atoms with Crippen molar-refractivity contribution in [3.8, 4) is 0 Å². The van der Waals surface area contributed by atoms with Gasteiger partial charge in [0.05, 0.1) is 11.6 Å². The monoisotopic (exact) mass is 345 g/mol. The fourth-order valence-electron chi connectivity index (χ4n) is 2.94. The summed E-state index contributed by atoms with van der Waals surface area (Å²) >= 11 is 1.57. The number of aryl methyl sites for hydroxylation is 2. The molecule has 4 nitrogen and oxygen atoms in total. The van der Waals surface area contributed by atoms with Crippen LogP contribution in [0.4, 0.5) is 8.78 Å². The van der Waals surface area contributed by atoms with E-state index < -0.39 is 11.6 Å². The Labute approximate surface area is 140 Å². The number of hydrogen-bond donors (Lipinski definition) is 0. The maximum atomic E-state index is 13.2. The first-order valence-corrected chi connectivity index (χ1v) is 8.46. The van der Waals surface area contributed by atoms with E-state index in [0.717, 1.165) is 52.9 Å². The second-order valence-corrected chi connectivity index (χ2v) is 6.79. The van der Waals surface area contributed by atoms with E-state index in [9.17, 15) is 13.6 Å². The molecule has 1 aromatic carbocycles. The molecule has 2 aromatic heterocycles. The molecule has 0 amide bonds. The van der Waals surface area contributed by atoms with Gasteiger partial charge in [0.1, 0.15) is 11.2 Å². The number of hydrogen-bond acceptors (Lipinski definition) is 4. The average molecular weight is 345 g/mol. The largest absolute Gasteiger partial charge is 0.282 e. The van der Waals surface area contributed by atoms with Gasteiger partial charge in [-0.2, -0.15) is 9.78 Å². The van der Waals surface area contributed by atoms with E-state index in [0.29, 0.717) is 10.9 Å². The number of thiophene rings is 1. The van der Waals surface area contributed by atoms with Gasteiger partial charge in [0, 0.05) is 4.88 Å². The van der Waals surface area contributed by atoms with Crippen LogP contribution in [0.1, 0.15) is 28.8 Å². The van der Waals surface area contributed by atoms with Crippen molar-refractivity contribution in [1.29, 1.82) is 0 Å². The van der Waals surface area contributed by atoms with Crippen molar-refractivity contribution >= 4 is 27.8 Å². The first-order chi connectivity index (χ1) is 11.6. The highest BCUT2D eigenvalue weighted by atomic mass is 32.1. The van der Waals surface area contributed by atoms with Gasteiger partial charge in [-0.15, -0.1) is 11.3 Å². The van der Waals surface area contributed by atoms with Gasteiger partial charge in [-0.05, 0) is 48.9 Å². The smallest absolute Gasteiger partial charge is 0.267 e. The summed E-state index contributed by atoms with van der Waals surface area (Å²) in [5.41, 5.74) is 1.24. The molecular formula is C17H13F2N3OS. The van der Waals surface area contributed by atoms with Gasteiger partial charge in [-0.3, -0.25) is 4.79 Å². The zero-order chi connectivity index (χ0) is 16.7. The van der Waals surface area contributed by atoms with E-state index in [2.05, 4.69) is 10.1 Å². The van der Waals surface area contributed by atoms with Crippen molar-refractivity contribution in [2.75, 3.05) is 0 Å². The Kier molecular flexibility index (Phi) is 3.72. The number of aromatic nitrogens is 2. The maximum Gasteiger partial charge on any atom is 0.282 e. The SMILES string of the molecule is O=c1c2c3c(sc2ncn1N=Cc1ccc(F)c(F)c1)CCCC3. The fourth-order valence-corrected chi connectivity index (χ4v) is 4.16. The normalized spacial score (nSPS) is 14.4. The zero-order valence-corrected chi connectivity index (χ0v) is 13.4. The lowest BCUT2D eigenvalue weighted by Crippen LogP contribution is -2.18. The van der Waals surface area contributed by atoms with E-state index in [-0.39, 0.29) is 5.56 Å². The molecule has 0 bridgehead atoms. The molecule has 4 rings (SSSR count). The lowest BCUT2D eigenvalue weighted by molar-refractivity contribution is 0.508. The molecule has 0 spiro atoms. The number of nitrogens with zero attached hydrogens (tertiary/aromatic N) is 3. The second kappa shape index (κ2) is 5.90. The molecule has 24 heavy (non-hydrogen) atoms. The van der Waals surface area contributed by atoms with Gasteiger partial charge >= 0.3 is 0 Å². The fraction of sp³-hybridized carbons (Fsp3) is 0.235. The molecule has 0 fully saturated rings. The van der Waals surface area contributed by atoms with Crippen molar-refractivity contribution in [3.05, 3.63) is 62.5 Å². The maximum absolute atomic E-state index is 13.2. The number of benzene rings is 1. The van der Waals surface area contributed by atoms with Gasteiger partial charge in [0.15, 0.2) is 11.6 Å². The Morgan fingerprint density at radius 2 is 2.04 bits per heavy atom. The van der Waals surface area contributed by atoms with E-state index in [1.54, 1.807) is 11.3 Å². The summed E-state index contributed by atoms with van der Waals surface area (Å²) in [4.78, 5) is 19.0. The van der Waals surface area contributed by atoms with Crippen LogP contribution in [0.5, 0.6) is 0 Å². The molecule has 0 aliphatic heterocycles. The van der Waals surface area contributed by atoms with Crippen LogP contribution < -0.4 is 5.56 Å². The lowest BCUT2D eigenvalue weighted by atomic mass is 9.97. The number of fused-ring (bicyclic) bond motifs is 3. The molecule has 0 saturated carbocycles. The predicted octanol–water partition coefficient (Wildman–Crippen LogP) is 3.50. The van der Waals surface area contributed by atoms with Crippen LogP contribution >= 0.6 is 11.3 Å². The second-order valence-electron chi connectivity index (χ2n) is 5.70. The third-order valence-corrected chi connectivity index (χ3v) is 5.33. The minimum atomic E-state index is -0.952. The minimum Gasteiger partial charge on any atom is -0.267 e. The Hall–Kier alpha value is -2.41. The highest BCUT2D eigenvalue weighted by Crippen LogP contribution is 2.33. The first kappa shape index (κ1) is 15.1. The Morgan fingerprint density at radius 3 is 2.88 bits per heavy atom. The molecule has 0 saturated heterocycles. The molecule has 0 unspecified atom stereocenters. The molecule has 1 aliphatic carbocycles. The summed E-state index contributed by atoms with van der Waals surface area (Å²) in [5, 5.41) is 4.70. The molecule has 2 heterocycles. The van der Waals surface area contributed by atoms with Crippen LogP contribution in [0.3, 0.4) is 0 Å². The summed E-state index contributed by atoms with van der Waals surface area (Å²) in [6, 6.07) is 3.45. The van der Waals surface area contributed by atoms with Crippen molar-refractivity contribution in [2.24, 2.45) is 5.10 Å². The lowest BCUT2D eigenvalue weighted by Gasteiger charge is -2.09. The van der Waals surface area contributed by atoms with Crippen LogP contribution in [-0.2, 0) is 12.8 Å². The van der Waals surface area contributed by atoms with Gasteiger partial charge in [0.25, 0.3) is 5.56 Å². The number of halogens is 2. The molecule has 3 aromatic rings. The van der Waals surface area contributed by atoms with Crippen LogP contribution in [0.15, 0.2) is 34.4 Å².